The van der Waals surface area contributed by atoms with E-state index in [-0.39, 0.29) is 0 Å². The van der Waals surface area contributed by atoms with Gasteiger partial charge in [-0.3, -0.25) is 4.79 Å². The molecule has 0 N–H and O–H groups in total. The van der Waals surface area contributed by atoms with Gasteiger partial charge in [-0.05, 0) is 36.3 Å². The van der Waals surface area contributed by atoms with Crippen molar-refractivity contribution in [2.45, 2.75) is 51.4 Å². The summed E-state index contributed by atoms with van der Waals surface area (Å²) in [5, 5.41) is 0. The van der Waals surface area contributed by atoms with Gasteiger partial charge in [0.05, 0.1) is 0 Å². The average Bonchev–Trinajstić information content (AvgIpc) is 2.24. The van der Waals surface area contributed by atoms with Crippen LogP contribution in [0.5, 0.6) is 0 Å². The number of carbonyl (C=O) groups excluding carboxylic acids is 1. The lowest BCUT2D eigenvalue weighted by Gasteiger charge is -2.26. The third-order valence-electron chi connectivity index (χ3n) is 3.61. The van der Waals surface area contributed by atoms with Gasteiger partial charge in [0, 0.05) is 12.8 Å². The number of rotatable bonds is 5. The summed E-state index contributed by atoms with van der Waals surface area (Å²) in [6.45, 7) is 1.94. The molecular weight excluding hydrogens is 196 g/mol. The second-order valence-corrected chi connectivity index (χ2v) is 4.77. The lowest BCUT2D eigenvalue weighted by Crippen LogP contribution is -2.09. The Bertz CT molecular complexity index is 363. The number of benzene rings is 1. The number of hydrogen-bond acceptors (Lipinski definition) is 1. The molecule has 1 nitrogen and oxygen atoms in total. The van der Waals surface area contributed by atoms with Crippen molar-refractivity contribution in [1.82, 2.24) is 0 Å². The minimum atomic E-state index is 0.369. The molecule has 1 heteroatoms. The highest BCUT2D eigenvalue weighted by Crippen LogP contribution is 2.36. The van der Waals surface area contributed by atoms with Crippen LogP contribution in [0.4, 0.5) is 0 Å². The van der Waals surface area contributed by atoms with Gasteiger partial charge >= 0.3 is 0 Å². The molecule has 1 aromatic rings. The Morgan fingerprint density at radius 1 is 1.38 bits per heavy atom. The molecule has 1 saturated carbocycles. The van der Waals surface area contributed by atoms with Crippen LogP contribution in [0.25, 0.3) is 0 Å². The van der Waals surface area contributed by atoms with Crippen LogP contribution in [0.2, 0.25) is 0 Å². The van der Waals surface area contributed by atoms with Gasteiger partial charge in [0.25, 0.3) is 0 Å². The molecule has 1 aliphatic rings. The van der Waals surface area contributed by atoms with Gasteiger partial charge in [-0.25, -0.2) is 0 Å². The largest absolute Gasteiger partial charge is 0.300 e. The number of hydrogen-bond donors (Lipinski definition) is 0. The zero-order chi connectivity index (χ0) is 11.4. The number of ketones is 1. The molecule has 1 aliphatic carbocycles. The first-order valence-electron chi connectivity index (χ1n) is 6.40. The Morgan fingerprint density at radius 3 is 2.81 bits per heavy atom. The number of aryl methyl sites for hydroxylation is 1. The minimum absolute atomic E-state index is 0.369. The van der Waals surface area contributed by atoms with Crippen molar-refractivity contribution in [3.05, 3.63) is 35.4 Å². The van der Waals surface area contributed by atoms with Crippen LogP contribution in [0.1, 0.15) is 56.1 Å². The first kappa shape index (κ1) is 11.4. The zero-order valence-electron chi connectivity index (χ0n) is 10.0. The van der Waals surface area contributed by atoms with Crippen LogP contribution in [0, 0.1) is 0 Å². The minimum Gasteiger partial charge on any atom is -0.300 e. The fraction of sp³-hybridized carbons (Fsp3) is 0.533. The summed E-state index contributed by atoms with van der Waals surface area (Å²) in [4.78, 5) is 11.3. The van der Waals surface area contributed by atoms with Gasteiger partial charge in [-0.15, -0.1) is 0 Å². The number of carbonyl (C=O) groups is 1. The monoisotopic (exact) mass is 216 g/mol. The first-order chi connectivity index (χ1) is 7.79. The summed E-state index contributed by atoms with van der Waals surface area (Å²) in [6, 6.07) is 8.81. The van der Waals surface area contributed by atoms with Gasteiger partial charge in [-0.2, -0.15) is 0 Å². The van der Waals surface area contributed by atoms with Crippen LogP contribution in [0.15, 0.2) is 24.3 Å². The second kappa shape index (κ2) is 5.29. The van der Waals surface area contributed by atoms with E-state index < -0.39 is 0 Å². The van der Waals surface area contributed by atoms with Crippen molar-refractivity contribution in [2.24, 2.45) is 0 Å². The molecule has 0 atom stereocenters. The molecule has 0 saturated heterocycles. The molecule has 16 heavy (non-hydrogen) atoms. The molecule has 0 aromatic heterocycles. The molecule has 0 bridgehead atoms. The van der Waals surface area contributed by atoms with E-state index >= 15 is 0 Å². The molecule has 86 valence electrons. The maximum atomic E-state index is 11.3. The molecule has 0 radical (unpaired) electrons. The molecule has 0 unspecified atom stereocenters. The van der Waals surface area contributed by atoms with E-state index in [1.807, 2.05) is 6.92 Å². The predicted octanol–water partition coefficient (Wildman–Crippen LogP) is 3.87. The second-order valence-electron chi connectivity index (χ2n) is 4.77. The van der Waals surface area contributed by atoms with Crippen molar-refractivity contribution in [3.63, 3.8) is 0 Å². The highest BCUT2D eigenvalue weighted by atomic mass is 16.1. The molecule has 1 fully saturated rings. The lowest BCUT2D eigenvalue weighted by atomic mass is 9.79. The Balaban J connectivity index is 1.96. The van der Waals surface area contributed by atoms with Crippen LogP contribution in [-0.4, -0.2) is 5.78 Å². The van der Waals surface area contributed by atoms with Gasteiger partial charge in [-0.1, -0.05) is 37.6 Å². The van der Waals surface area contributed by atoms with E-state index in [0.29, 0.717) is 18.6 Å². The van der Waals surface area contributed by atoms with Gasteiger partial charge < -0.3 is 0 Å². The van der Waals surface area contributed by atoms with E-state index in [0.717, 1.165) is 12.3 Å². The molecule has 0 aliphatic heterocycles. The normalized spacial score (nSPS) is 15.8. The topological polar surface area (TPSA) is 17.1 Å². The molecule has 0 spiro atoms. The van der Waals surface area contributed by atoms with E-state index in [9.17, 15) is 4.79 Å². The summed E-state index contributed by atoms with van der Waals surface area (Å²) in [5.41, 5.74) is 2.80. The van der Waals surface area contributed by atoms with Crippen LogP contribution in [-0.2, 0) is 11.2 Å². The summed E-state index contributed by atoms with van der Waals surface area (Å²) >= 11 is 0. The summed E-state index contributed by atoms with van der Waals surface area (Å²) in [5.74, 6) is 1.16. The Labute approximate surface area is 97.9 Å². The third-order valence-corrected chi connectivity index (χ3v) is 3.61. The van der Waals surface area contributed by atoms with Gasteiger partial charge in [0.2, 0.25) is 0 Å². The van der Waals surface area contributed by atoms with E-state index in [1.165, 1.54) is 30.4 Å². The van der Waals surface area contributed by atoms with Crippen molar-refractivity contribution >= 4 is 5.78 Å². The number of Topliss-reactive ketones (excluding diaryl/α,β-unsaturated/α-hetero) is 1. The average molecular weight is 216 g/mol. The van der Waals surface area contributed by atoms with Crippen molar-refractivity contribution in [2.75, 3.05) is 0 Å². The SMILES string of the molecule is CCC(=O)CCc1cccc(C2CCC2)c1. The molecule has 1 aromatic carbocycles. The molecule has 0 heterocycles. The fourth-order valence-electron chi connectivity index (χ4n) is 2.20. The third kappa shape index (κ3) is 2.72. The quantitative estimate of drug-likeness (QED) is 0.730. The van der Waals surface area contributed by atoms with Crippen LogP contribution in [0.3, 0.4) is 0 Å². The standard InChI is InChI=1S/C15H20O/c1-2-15(16)10-9-12-5-3-8-14(11-12)13-6-4-7-13/h3,5,8,11,13H,2,4,6-7,9-10H2,1H3. The summed E-state index contributed by atoms with van der Waals surface area (Å²) in [6.07, 6.45) is 6.35. The molecular formula is C15H20O. The maximum absolute atomic E-state index is 11.3. The Kier molecular flexibility index (Phi) is 3.76. The van der Waals surface area contributed by atoms with Gasteiger partial charge in [0.15, 0.2) is 0 Å². The summed E-state index contributed by atoms with van der Waals surface area (Å²) in [7, 11) is 0. The van der Waals surface area contributed by atoms with Crippen molar-refractivity contribution < 1.29 is 4.79 Å². The Morgan fingerprint density at radius 2 is 2.19 bits per heavy atom. The highest BCUT2D eigenvalue weighted by Gasteiger charge is 2.19. The smallest absolute Gasteiger partial charge is 0.132 e. The zero-order valence-corrected chi connectivity index (χ0v) is 10.0. The van der Waals surface area contributed by atoms with Crippen molar-refractivity contribution in [3.8, 4) is 0 Å². The lowest BCUT2D eigenvalue weighted by molar-refractivity contribution is -0.118. The highest BCUT2D eigenvalue weighted by molar-refractivity contribution is 5.78. The van der Waals surface area contributed by atoms with Gasteiger partial charge in [0.1, 0.15) is 5.78 Å². The van der Waals surface area contributed by atoms with E-state index in [4.69, 9.17) is 0 Å². The van der Waals surface area contributed by atoms with E-state index in [2.05, 4.69) is 24.3 Å². The van der Waals surface area contributed by atoms with Crippen LogP contribution >= 0.6 is 0 Å². The predicted molar refractivity (Wildman–Crippen MR) is 66.7 cm³/mol. The van der Waals surface area contributed by atoms with Crippen LogP contribution < -0.4 is 0 Å². The summed E-state index contributed by atoms with van der Waals surface area (Å²) < 4.78 is 0. The Hall–Kier alpha value is -1.11. The van der Waals surface area contributed by atoms with Crippen molar-refractivity contribution in [1.29, 1.82) is 0 Å². The molecule has 2 rings (SSSR count). The fourth-order valence-corrected chi connectivity index (χ4v) is 2.20. The maximum Gasteiger partial charge on any atom is 0.132 e. The van der Waals surface area contributed by atoms with E-state index in [1.54, 1.807) is 0 Å². The first-order valence-corrected chi connectivity index (χ1v) is 6.40. The molecule has 0 amide bonds.